The summed E-state index contributed by atoms with van der Waals surface area (Å²) in [5.41, 5.74) is 0.816. The van der Waals surface area contributed by atoms with Crippen LogP contribution in [0.15, 0.2) is 18.2 Å². The van der Waals surface area contributed by atoms with Crippen LogP contribution in [0.3, 0.4) is 0 Å². The van der Waals surface area contributed by atoms with E-state index in [1.165, 1.54) is 12.1 Å². The molecule has 2 N–H and O–H groups in total. The van der Waals surface area contributed by atoms with E-state index in [-0.39, 0.29) is 12.4 Å². The summed E-state index contributed by atoms with van der Waals surface area (Å²) in [5.74, 6) is 0.318. The fourth-order valence-electron chi connectivity index (χ4n) is 1.77. The van der Waals surface area contributed by atoms with Crippen LogP contribution in [-0.2, 0) is 6.42 Å². The minimum absolute atomic E-state index is 0.279. The van der Waals surface area contributed by atoms with Gasteiger partial charge in [0.2, 0.25) is 0 Å². The van der Waals surface area contributed by atoms with Gasteiger partial charge in [-0.15, -0.1) is 12.8 Å². The summed E-state index contributed by atoms with van der Waals surface area (Å²) in [6.45, 7) is -0.318. The van der Waals surface area contributed by atoms with Crippen LogP contribution in [0, 0.1) is 18.7 Å². The van der Waals surface area contributed by atoms with Gasteiger partial charge < -0.3 is 14.9 Å². The lowest BCUT2D eigenvalue weighted by atomic mass is 9.99. The number of aliphatic hydroxyl groups excluding tert-OH is 2. The highest BCUT2D eigenvalue weighted by Gasteiger charge is 2.25. The number of rotatable bonds is 2. The Bertz CT molecular complexity index is 389. The molecule has 1 aliphatic rings. The lowest BCUT2D eigenvalue weighted by Crippen LogP contribution is -2.37. The van der Waals surface area contributed by atoms with Gasteiger partial charge in [0, 0.05) is 0 Å². The first-order chi connectivity index (χ1) is 8.20. The zero-order chi connectivity index (χ0) is 12.8. The topological polar surface area (TPSA) is 49.7 Å². The first-order valence-electron chi connectivity index (χ1n) is 5.28. The van der Waals surface area contributed by atoms with Crippen LogP contribution in [0.4, 0.5) is 4.39 Å². The van der Waals surface area contributed by atoms with Gasteiger partial charge in [0.15, 0.2) is 0 Å². The monoisotopic (exact) mass is 238 g/mol. The van der Waals surface area contributed by atoms with Crippen LogP contribution >= 0.6 is 0 Å². The summed E-state index contributed by atoms with van der Waals surface area (Å²) in [4.78, 5) is 0. The lowest BCUT2D eigenvalue weighted by Gasteiger charge is -2.28. The van der Waals surface area contributed by atoms with Crippen LogP contribution in [0.1, 0.15) is 12.0 Å². The van der Waals surface area contributed by atoms with E-state index in [9.17, 15) is 9.50 Å². The number of fused-ring (bicyclic) bond motifs is 1. The number of ether oxygens (including phenoxy) is 1. The van der Waals surface area contributed by atoms with Crippen LogP contribution in [0.25, 0.3) is 0 Å². The molecule has 0 radical (unpaired) electrons. The van der Waals surface area contributed by atoms with Crippen LogP contribution < -0.4 is 4.74 Å². The van der Waals surface area contributed by atoms with E-state index >= 15 is 0 Å². The molecule has 1 aliphatic heterocycles. The van der Waals surface area contributed by atoms with Crippen molar-refractivity contribution in [3.63, 3.8) is 0 Å². The smallest absolute Gasteiger partial charge is 0.127 e. The number of halogens is 1. The molecule has 0 aromatic heterocycles. The van der Waals surface area contributed by atoms with Crippen molar-refractivity contribution < 1.29 is 19.3 Å². The molecule has 4 heteroatoms. The minimum Gasteiger partial charge on any atom is -0.487 e. The number of benzene rings is 1. The van der Waals surface area contributed by atoms with Gasteiger partial charge in [-0.2, -0.15) is 0 Å². The molecule has 17 heavy (non-hydrogen) atoms. The van der Waals surface area contributed by atoms with Crippen molar-refractivity contribution in [1.82, 2.24) is 0 Å². The van der Waals surface area contributed by atoms with Crippen molar-refractivity contribution in [2.24, 2.45) is 0 Å². The average molecular weight is 238 g/mol. The van der Waals surface area contributed by atoms with E-state index in [0.717, 1.165) is 5.56 Å². The molecular weight excluding hydrogens is 223 g/mol. The molecule has 0 bridgehead atoms. The predicted molar refractivity (Wildman–Crippen MR) is 62.1 cm³/mol. The summed E-state index contributed by atoms with van der Waals surface area (Å²) < 4.78 is 18.3. The second-order valence-corrected chi connectivity index (χ2v) is 3.70. The maximum Gasteiger partial charge on any atom is 0.127 e. The Balaban J connectivity index is 0.000000686. The fraction of sp³-hybridized carbons (Fsp3) is 0.385. The standard InChI is InChI=1S/C11H13FO3.C2H2/c12-8-2-4-10-7(5-8)1-3-11(15-10)9(14)6-13;1-2/h2,4-5,9,11,13-14H,1,3,6H2;1-2H/t9-,11?;/m0./s1. The van der Waals surface area contributed by atoms with Crippen molar-refractivity contribution in [1.29, 1.82) is 0 Å². The number of hydrogen-bond acceptors (Lipinski definition) is 3. The van der Waals surface area contributed by atoms with E-state index < -0.39 is 12.2 Å². The molecule has 0 aliphatic carbocycles. The van der Waals surface area contributed by atoms with E-state index in [1.54, 1.807) is 6.07 Å². The maximum atomic E-state index is 12.9. The zero-order valence-corrected chi connectivity index (χ0v) is 9.34. The fourth-order valence-corrected chi connectivity index (χ4v) is 1.77. The summed E-state index contributed by atoms with van der Waals surface area (Å²) in [5, 5.41) is 18.2. The Labute approximate surface area is 99.9 Å². The van der Waals surface area contributed by atoms with Gasteiger partial charge in [-0.1, -0.05) is 0 Å². The zero-order valence-electron chi connectivity index (χ0n) is 9.34. The second-order valence-electron chi connectivity index (χ2n) is 3.70. The van der Waals surface area contributed by atoms with E-state index in [4.69, 9.17) is 9.84 Å². The third kappa shape index (κ3) is 3.19. The minimum atomic E-state index is -0.872. The summed E-state index contributed by atoms with van der Waals surface area (Å²) >= 11 is 0. The normalized spacial score (nSPS) is 19.2. The van der Waals surface area contributed by atoms with Crippen molar-refractivity contribution in [3.05, 3.63) is 29.6 Å². The second kappa shape index (κ2) is 6.24. The van der Waals surface area contributed by atoms with Crippen molar-refractivity contribution in [3.8, 4) is 18.6 Å². The Morgan fingerprint density at radius 2 is 2.18 bits per heavy atom. The third-order valence-corrected chi connectivity index (χ3v) is 2.62. The van der Waals surface area contributed by atoms with Gasteiger partial charge in [0.1, 0.15) is 23.8 Å². The molecule has 92 valence electrons. The highest BCUT2D eigenvalue weighted by molar-refractivity contribution is 5.35. The molecule has 1 unspecified atom stereocenters. The Morgan fingerprint density at radius 3 is 2.82 bits per heavy atom. The number of hydrogen-bond donors (Lipinski definition) is 2. The Hall–Kier alpha value is -1.57. The molecule has 1 heterocycles. The molecule has 2 atom stereocenters. The van der Waals surface area contributed by atoms with E-state index in [2.05, 4.69) is 12.8 Å². The van der Waals surface area contributed by atoms with E-state index in [1.807, 2.05) is 0 Å². The number of terminal acetylenes is 1. The van der Waals surface area contributed by atoms with Crippen LogP contribution in [0.5, 0.6) is 5.75 Å². The van der Waals surface area contributed by atoms with Gasteiger partial charge in [-0.25, -0.2) is 4.39 Å². The summed E-state index contributed by atoms with van der Waals surface area (Å²) in [7, 11) is 0. The van der Waals surface area contributed by atoms with Gasteiger partial charge in [0.05, 0.1) is 6.61 Å². The highest BCUT2D eigenvalue weighted by atomic mass is 19.1. The molecule has 2 rings (SSSR count). The quantitative estimate of drug-likeness (QED) is 0.759. The Kier molecular flexibility index (Phi) is 4.95. The lowest BCUT2D eigenvalue weighted by molar-refractivity contribution is -0.00965. The molecule has 0 amide bonds. The van der Waals surface area contributed by atoms with Gasteiger partial charge in [0.25, 0.3) is 0 Å². The SMILES string of the molecule is C#C.OC[C@H](O)C1CCc2cc(F)ccc2O1. The molecule has 0 saturated heterocycles. The molecule has 0 fully saturated rings. The van der Waals surface area contributed by atoms with Gasteiger partial charge in [-0.05, 0) is 36.6 Å². The number of aliphatic hydroxyl groups is 2. The number of aryl methyl sites for hydroxylation is 1. The van der Waals surface area contributed by atoms with Crippen LogP contribution in [0.2, 0.25) is 0 Å². The van der Waals surface area contributed by atoms with Crippen molar-refractivity contribution >= 4 is 0 Å². The van der Waals surface area contributed by atoms with Gasteiger partial charge in [-0.3, -0.25) is 0 Å². The largest absolute Gasteiger partial charge is 0.487 e. The van der Waals surface area contributed by atoms with E-state index in [0.29, 0.717) is 18.6 Å². The first-order valence-corrected chi connectivity index (χ1v) is 5.28. The summed E-state index contributed by atoms with van der Waals surface area (Å²) in [6.07, 6.45) is 7.99. The highest BCUT2D eigenvalue weighted by Crippen LogP contribution is 2.29. The molecule has 3 nitrogen and oxygen atoms in total. The molecular formula is C13H15FO3. The average Bonchev–Trinajstić information content (AvgIpc) is 2.39. The maximum absolute atomic E-state index is 12.9. The summed E-state index contributed by atoms with van der Waals surface area (Å²) in [6, 6.07) is 4.32. The molecule has 0 spiro atoms. The third-order valence-electron chi connectivity index (χ3n) is 2.62. The van der Waals surface area contributed by atoms with Crippen LogP contribution in [-0.4, -0.2) is 29.0 Å². The van der Waals surface area contributed by atoms with Crippen molar-refractivity contribution in [2.75, 3.05) is 6.61 Å². The predicted octanol–water partition coefficient (Wildman–Crippen LogP) is 1.12. The molecule has 0 saturated carbocycles. The van der Waals surface area contributed by atoms with Gasteiger partial charge >= 0.3 is 0 Å². The Morgan fingerprint density at radius 1 is 1.47 bits per heavy atom. The molecule has 1 aromatic carbocycles. The first kappa shape index (κ1) is 13.5. The molecule has 1 aromatic rings. The van der Waals surface area contributed by atoms with Crippen molar-refractivity contribution in [2.45, 2.75) is 25.0 Å².